The Morgan fingerprint density at radius 3 is 2.33 bits per heavy atom. The lowest BCUT2D eigenvalue weighted by Gasteiger charge is -2.27. The van der Waals surface area contributed by atoms with Crippen LogP contribution in [0.15, 0.2) is 48.5 Å². The highest BCUT2D eigenvalue weighted by molar-refractivity contribution is 5.89. The molecule has 2 atom stereocenters. The number of alkyl carbamates (subject to hydrolysis) is 1. The molecule has 2 aromatic carbocycles. The van der Waals surface area contributed by atoms with Crippen molar-refractivity contribution in [3.8, 4) is 11.1 Å². The van der Waals surface area contributed by atoms with E-state index in [0.29, 0.717) is 25.8 Å². The monoisotopic (exact) mass is 450 g/mol. The summed E-state index contributed by atoms with van der Waals surface area (Å²) in [6.45, 7) is 2.56. The molecule has 1 aliphatic carbocycles. The Kier molecular flexibility index (Phi) is 6.96. The SMILES string of the molecule is CCCCC(NC(=O)OCC1c2ccccc2-c2ccccc21)C(=O)N1CCC[C@H]1C(=O)O. The van der Waals surface area contributed by atoms with Gasteiger partial charge in [-0.1, -0.05) is 68.3 Å². The summed E-state index contributed by atoms with van der Waals surface area (Å²) in [4.78, 5) is 38.7. The lowest BCUT2D eigenvalue weighted by atomic mass is 9.98. The van der Waals surface area contributed by atoms with Crippen molar-refractivity contribution < 1.29 is 24.2 Å². The van der Waals surface area contributed by atoms with Gasteiger partial charge < -0.3 is 20.1 Å². The summed E-state index contributed by atoms with van der Waals surface area (Å²) in [5.41, 5.74) is 4.52. The highest BCUT2D eigenvalue weighted by atomic mass is 16.5. The number of carbonyl (C=O) groups excluding carboxylic acids is 2. The van der Waals surface area contributed by atoms with Crippen LogP contribution in [0.25, 0.3) is 11.1 Å². The number of ether oxygens (including phenoxy) is 1. The summed E-state index contributed by atoms with van der Waals surface area (Å²) in [7, 11) is 0. The van der Waals surface area contributed by atoms with Crippen LogP contribution in [-0.4, -0.2) is 53.2 Å². The number of amides is 2. The third-order valence-electron chi connectivity index (χ3n) is 6.60. The molecule has 0 spiro atoms. The number of likely N-dealkylation sites (tertiary alicyclic amines) is 1. The van der Waals surface area contributed by atoms with Gasteiger partial charge in [0, 0.05) is 12.5 Å². The van der Waals surface area contributed by atoms with Gasteiger partial charge in [0.15, 0.2) is 0 Å². The van der Waals surface area contributed by atoms with E-state index in [9.17, 15) is 19.5 Å². The maximum absolute atomic E-state index is 13.1. The highest BCUT2D eigenvalue weighted by Crippen LogP contribution is 2.44. The van der Waals surface area contributed by atoms with Gasteiger partial charge in [0.2, 0.25) is 5.91 Å². The maximum Gasteiger partial charge on any atom is 0.407 e. The van der Waals surface area contributed by atoms with Crippen LogP contribution in [0.2, 0.25) is 0 Å². The Hall–Kier alpha value is -3.35. The van der Waals surface area contributed by atoms with E-state index in [1.54, 1.807) is 0 Å². The van der Waals surface area contributed by atoms with E-state index in [1.165, 1.54) is 4.90 Å². The molecule has 33 heavy (non-hydrogen) atoms. The van der Waals surface area contributed by atoms with Gasteiger partial charge >= 0.3 is 12.1 Å². The minimum absolute atomic E-state index is 0.0667. The molecule has 0 radical (unpaired) electrons. The fraction of sp³-hybridized carbons (Fsp3) is 0.423. The van der Waals surface area contributed by atoms with Crippen molar-refractivity contribution in [1.29, 1.82) is 0 Å². The van der Waals surface area contributed by atoms with Gasteiger partial charge in [-0.05, 0) is 41.5 Å². The molecule has 0 aromatic heterocycles. The first-order valence-electron chi connectivity index (χ1n) is 11.7. The van der Waals surface area contributed by atoms with E-state index < -0.39 is 24.1 Å². The zero-order chi connectivity index (χ0) is 23.4. The average Bonchev–Trinajstić information content (AvgIpc) is 3.43. The molecule has 1 fully saturated rings. The first-order chi connectivity index (χ1) is 16.0. The maximum atomic E-state index is 13.1. The van der Waals surface area contributed by atoms with Crippen LogP contribution in [0, 0.1) is 0 Å². The molecule has 7 heteroatoms. The second kappa shape index (κ2) is 10.1. The fourth-order valence-electron chi connectivity index (χ4n) is 4.94. The number of hydrogen-bond donors (Lipinski definition) is 2. The molecule has 2 N–H and O–H groups in total. The first kappa shape index (κ1) is 22.8. The third kappa shape index (κ3) is 4.72. The van der Waals surface area contributed by atoms with Gasteiger partial charge in [-0.15, -0.1) is 0 Å². The van der Waals surface area contributed by atoms with Crippen molar-refractivity contribution in [3.63, 3.8) is 0 Å². The normalized spacial score (nSPS) is 17.8. The molecule has 4 rings (SSSR count). The van der Waals surface area contributed by atoms with Gasteiger partial charge in [0.05, 0.1) is 0 Å². The lowest BCUT2D eigenvalue weighted by molar-refractivity contribution is -0.149. The number of rotatable bonds is 8. The minimum atomic E-state index is -1.00. The number of aliphatic carboxylic acids is 1. The predicted octanol–water partition coefficient (Wildman–Crippen LogP) is 4.16. The molecule has 0 bridgehead atoms. The molecule has 1 heterocycles. The highest BCUT2D eigenvalue weighted by Gasteiger charge is 2.37. The molecule has 2 aliphatic rings. The Balaban J connectivity index is 1.43. The summed E-state index contributed by atoms with van der Waals surface area (Å²) >= 11 is 0. The van der Waals surface area contributed by atoms with Gasteiger partial charge in [-0.25, -0.2) is 9.59 Å². The van der Waals surface area contributed by atoms with Crippen molar-refractivity contribution in [2.45, 2.75) is 57.0 Å². The minimum Gasteiger partial charge on any atom is -0.480 e. The van der Waals surface area contributed by atoms with Crippen LogP contribution in [0.5, 0.6) is 0 Å². The molecule has 1 unspecified atom stereocenters. The summed E-state index contributed by atoms with van der Waals surface area (Å²) in [5, 5.41) is 12.1. The van der Waals surface area contributed by atoms with Crippen LogP contribution < -0.4 is 5.32 Å². The standard InChI is InChI=1S/C26H30N2O5/c1-2-3-13-22(24(29)28-15-8-14-23(28)25(30)31)27-26(32)33-16-21-19-11-6-4-9-17(19)18-10-5-7-12-20(18)21/h4-7,9-12,21-23H,2-3,8,13-16H2,1H3,(H,27,32)(H,30,31)/t22?,23-/m0/s1. The second-order valence-corrected chi connectivity index (χ2v) is 8.69. The number of carbonyl (C=O) groups is 3. The summed E-state index contributed by atoms with van der Waals surface area (Å²) in [6.07, 6.45) is 2.48. The van der Waals surface area contributed by atoms with Crippen LogP contribution in [-0.2, 0) is 14.3 Å². The first-order valence-corrected chi connectivity index (χ1v) is 11.7. The fourth-order valence-corrected chi connectivity index (χ4v) is 4.94. The van der Waals surface area contributed by atoms with Crippen LogP contribution in [0.1, 0.15) is 56.1 Å². The van der Waals surface area contributed by atoms with Crippen molar-refractivity contribution in [2.24, 2.45) is 0 Å². The second-order valence-electron chi connectivity index (χ2n) is 8.69. The van der Waals surface area contributed by atoms with Crippen LogP contribution in [0.4, 0.5) is 4.79 Å². The molecular weight excluding hydrogens is 420 g/mol. The molecule has 7 nitrogen and oxygen atoms in total. The Morgan fingerprint density at radius 2 is 1.73 bits per heavy atom. The number of hydrogen-bond acceptors (Lipinski definition) is 4. The molecule has 0 saturated carbocycles. The van der Waals surface area contributed by atoms with Gasteiger partial charge in [0.25, 0.3) is 0 Å². The van der Waals surface area contributed by atoms with E-state index >= 15 is 0 Å². The smallest absolute Gasteiger partial charge is 0.407 e. The Labute approximate surface area is 193 Å². The Morgan fingerprint density at radius 1 is 1.09 bits per heavy atom. The van der Waals surface area contributed by atoms with Gasteiger partial charge in [0.1, 0.15) is 18.7 Å². The van der Waals surface area contributed by atoms with E-state index in [4.69, 9.17) is 4.74 Å². The number of nitrogens with one attached hydrogen (secondary N) is 1. The largest absolute Gasteiger partial charge is 0.480 e. The van der Waals surface area contributed by atoms with Crippen molar-refractivity contribution >= 4 is 18.0 Å². The Bertz CT molecular complexity index is 991. The van der Waals surface area contributed by atoms with E-state index in [-0.39, 0.29) is 18.4 Å². The third-order valence-corrected chi connectivity index (χ3v) is 6.60. The summed E-state index contributed by atoms with van der Waals surface area (Å²) in [5.74, 6) is -1.42. The van der Waals surface area contributed by atoms with Crippen LogP contribution in [0.3, 0.4) is 0 Å². The zero-order valence-corrected chi connectivity index (χ0v) is 18.8. The topological polar surface area (TPSA) is 95.9 Å². The number of unbranched alkanes of at least 4 members (excludes halogenated alkanes) is 1. The molecule has 1 aliphatic heterocycles. The van der Waals surface area contributed by atoms with Gasteiger partial charge in [-0.3, -0.25) is 4.79 Å². The average molecular weight is 451 g/mol. The number of benzene rings is 2. The number of fused-ring (bicyclic) bond motifs is 3. The molecule has 1 saturated heterocycles. The predicted molar refractivity (Wildman–Crippen MR) is 124 cm³/mol. The van der Waals surface area contributed by atoms with Crippen molar-refractivity contribution in [1.82, 2.24) is 10.2 Å². The summed E-state index contributed by atoms with van der Waals surface area (Å²) < 4.78 is 5.60. The van der Waals surface area contributed by atoms with E-state index in [0.717, 1.165) is 35.1 Å². The molecule has 2 amide bonds. The number of carboxylic acids is 1. The molecule has 174 valence electrons. The number of nitrogens with zero attached hydrogens (tertiary/aromatic N) is 1. The van der Waals surface area contributed by atoms with E-state index in [1.807, 2.05) is 43.3 Å². The molecule has 2 aromatic rings. The zero-order valence-electron chi connectivity index (χ0n) is 18.8. The van der Waals surface area contributed by atoms with Crippen molar-refractivity contribution in [2.75, 3.05) is 13.2 Å². The van der Waals surface area contributed by atoms with E-state index in [2.05, 4.69) is 17.4 Å². The number of carboxylic acid groups (broad SMARTS) is 1. The quantitative estimate of drug-likeness (QED) is 0.630. The van der Waals surface area contributed by atoms with Gasteiger partial charge in [-0.2, -0.15) is 0 Å². The van der Waals surface area contributed by atoms with Crippen LogP contribution >= 0.6 is 0 Å². The molecular formula is C26H30N2O5. The summed E-state index contributed by atoms with van der Waals surface area (Å²) in [6, 6.07) is 14.6. The lowest BCUT2D eigenvalue weighted by Crippen LogP contribution is -2.51. The van der Waals surface area contributed by atoms with Crippen molar-refractivity contribution in [3.05, 3.63) is 59.7 Å².